The first-order valence-corrected chi connectivity index (χ1v) is 6.61. The molecule has 0 amide bonds. The molecule has 0 spiro atoms. The number of nitrogens with one attached hydrogen (secondary N) is 1. The molecule has 0 atom stereocenters. The standard InChI is InChI=1S/C11H18N2O3S/c1-9-5-6-11(16-4)10(7-9)8-12-17(14,15)13(2)3/h5-7,12H,8H2,1-4H3. The Labute approximate surface area is 103 Å². The van der Waals surface area contributed by atoms with Gasteiger partial charge in [-0.15, -0.1) is 0 Å². The Balaban J connectivity index is 2.86. The molecule has 0 aliphatic heterocycles. The zero-order valence-corrected chi connectivity index (χ0v) is 11.3. The van der Waals surface area contributed by atoms with E-state index >= 15 is 0 Å². The number of rotatable bonds is 5. The summed E-state index contributed by atoms with van der Waals surface area (Å²) in [6.45, 7) is 2.16. The number of ether oxygens (including phenoxy) is 1. The normalized spacial score (nSPS) is 11.8. The zero-order chi connectivity index (χ0) is 13.1. The Morgan fingerprint density at radius 2 is 2.00 bits per heavy atom. The molecular weight excluding hydrogens is 240 g/mol. The smallest absolute Gasteiger partial charge is 0.279 e. The predicted molar refractivity (Wildman–Crippen MR) is 67.2 cm³/mol. The second-order valence-electron chi connectivity index (χ2n) is 3.92. The fourth-order valence-corrected chi connectivity index (χ4v) is 1.94. The number of methoxy groups -OCH3 is 1. The topological polar surface area (TPSA) is 58.6 Å². The Kier molecular flexibility index (Phi) is 4.50. The highest BCUT2D eigenvalue weighted by Crippen LogP contribution is 2.19. The molecule has 0 radical (unpaired) electrons. The lowest BCUT2D eigenvalue weighted by Gasteiger charge is -2.14. The lowest BCUT2D eigenvalue weighted by Crippen LogP contribution is -2.35. The van der Waals surface area contributed by atoms with Crippen LogP contribution in [0.3, 0.4) is 0 Å². The predicted octanol–water partition coefficient (Wildman–Crippen LogP) is 0.900. The molecule has 0 aliphatic carbocycles. The van der Waals surface area contributed by atoms with Crippen molar-refractivity contribution in [2.45, 2.75) is 13.5 Å². The van der Waals surface area contributed by atoms with Crippen LogP contribution in [0.4, 0.5) is 0 Å². The molecule has 0 aliphatic rings. The van der Waals surface area contributed by atoms with Crippen LogP contribution in [-0.4, -0.2) is 33.9 Å². The highest BCUT2D eigenvalue weighted by molar-refractivity contribution is 7.87. The van der Waals surface area contributed by atoms with E-state index in [2.05, 4.69) is 4.72 Å². The van der Waals surface area contributed by atoms with Crippen LogP contribution >= 0.6 is 0 Å². The number of aryl methyl sites for hydroxylation is 1. The van der Waals surface area contributed by atoms with Crippen molar-refractivity contribution >= 4 is 10.2 Å². The molecule has 1 aromatic rings. The summed E-state index contributed by atoms with van der Waals surface area (Å²) >= 11 is 0. The van der Waals surface area contributed by atoms with Crippen LogP contribution in [0.25, 0.3) is 0 Å². The van der Waals surface area contributed by atoms with Gasteiger partial charge >= 0.3 is 0 Å². The molecule has 17 heavy (non-hydrogen) atoms. The van der Waals surface area contributed by atoms with Crippen LogP contribution in [0, 0.1) is 6.92 Å². The molecule has 1 N–H and O–H groups in total. The SMILES string of the molecule is COc1ccc(C)cc1CNS(=O)(=O)N(C)C. The van der Waals surface area contributed by atoms with Gasteiger partial charge in [-0.2, -0.15) is 17.4 Å². The minimum Gasteiger partial charge on any atom is -0.496 e. The maximum absolute atomic E-state index is 11.6. The summed E-state index contributed by atoms with van der Waals surface area (Å²) in [7, 11) is 1.12. The van der Waals surface area contributed by atoms with Gasteiger partial charge in [0.05, 0.1) is 7.11 Å². The second-order valence-corrected chi connectivity index (χ2v) is 5.89. The van der Waals surface area contributed by atoms with Crippen molar-refractivity contribution < 1.29 is 13.2 Å². The molecular formula is C11H18N2O3S. The first kappa shape index (κ1) is 14.0. The van der Waals surface area contributed by atoms with E-state index in [0.29, 0.717) is 5.75 Å². The average molecular weight is 258 g/mol. The summed E-state index contributed by atoms with van der Waals surface area (Å²) in [5, 5.41) is 0. The molecule has 0 unspecified atom stereocenters. The van der Waals surface area contributed by atoms with E-state index < -0.39 is 10.2 Å². The summed E-state index contributed by atoms with van der Waals surface area (Å²) in [4.78, 5) is 0. The Morgan fingerprint density at radius 1 is 1.35 bits per heavy atom. The van der Waals surface area contributed by atoms with Gasteiger partial charge in [0.1, 0.15) is 5.75 Å². The summed E-state index contributed by atoms with van der Waals surface area (Å²) in [6.07, 6.45) is 0. The van der Waals surface area contributed by atoms with E-state index in [-0.39, 0.29) is 6.54 Å². The third kappa shape index (κ3) is 3.69. The van der Waals surface area contributed by atoms with Gasteiger partial charge in [0.25, 0.3) is 10.2 Å². The van der Waals surface area contributed by atoms with Crippen molar-refractivity contribution in [1.82, 2.24) is 9.03 Å². The molecule has 0 saturated heterocycles. The average Bonchev–Trinajstić information content (AvgIpc) is 2.26. The zero-order valence-electron chi connectivity index (χ0n) is 10.5. The summed E-state index contributed by atoms with van der Waals surface area (Å²) in [6, 6.07) is 5.65. The second kappa shape index (κ2) is 5.48. The molecule has 96 valence electrons. The molecule has 6 heteroatoms. The summed E-state index contributed by atoms with van der Waals surface area (Å²) < 4.78 is 31.9. The maximum atomic E-state index is 11.6. The van der Waals surface area contributed by atoms with Crippen LogP contribution in [0.1, 0.15) is 11.1 Å². The van der Waals surface area contributed by atoms with E-state index in [1.54, 1.807) is 7.11 Å². The molecule has 0 heterocycles. The molecule has 5 nitrogen and oxygen atoms in total. The lowest BCUT2D eigenvalue weighted by molar-refractivity contribution is 0.408. The van der Waals surface area contributed by atoms with Crippen molar-refractivity contribution in [3.8, 4) is 5.75 Å². The van der Waals surface area contributed by atoms with Crippen molar-refractivity contribution in [2.75, 3.05) is 21.2 Å². The van der Waals surface area contributed by atoms with Crippen LogP contribution in [-0.2, 0) is 16.8 Å². The van der Waals surface area contributed by atoms with E-state index in [9.17, 15) is 8.42 Å². The molecule has 0 saturated carbocycles. The van der Waals surface area contributed by atoms with Gasteiger partial charge in [-0.25, -0.2) is 0 Å². The van der Waals surface area contributed by atoms with Gasteiger partial charge in [-0.05, 0) is 13.0 Å². The van der Waals surface area contributed by atoms with E-state index in [1.165, 1.54) is 14.1 Å². The largest absolute Gasteiger partial charge is 0.496 e. The quantitative estimate of drug-likeness (QED) is 0.853. The van der Waals surface area contributed by atoms with Crippen molar-refractivity contribution in [3.63, 3.8) is 0 Å². The number of hydrogen-bond donors (Lipinski definition) is 1. The molecule has 1 aromatic carbocycles. The monoisotopic (exact) mass is 258 g/mol. The van der Waals surface area contributed by atoms with E-state index in [1.807, 2.05) is 25.1 Å². The fraction of sp³-hybridized carbons (Fsp3) is 0.455. The molecule has 0 fully saturated rings. The fourth-order valence-electron chi connectivity index (χ4n) is 1.34. The van der Waals surface area contributed by atoms with Gasteiger partial charge in [-0.1, -0.05) is 17.7 Å². The van der Waals surface area contributed by atoms with Gasteiger partial charge in [-0.3, -0.25) is 0 Å². The highest BCUT2D eigenvalue weighted by atomic mass is 32.2. The summed E-state index contributed by atoms with van der Waals surface area (Å²) in [5.41, 5.74) is 1.88. The number of benzene rings is 1. The lowest BCUT2D eigenvalue weighted by atomic mass is 10.1. The van der Waals surface area contributed by atoms with Gasteiger partial charge < -0.3 is 4.74 Å². The minimum atomic E-state index is -3.41. The molecule has 0 bridgehead atoms. The van der Waals surface area contributed by atoms with Crippen LogP contribution < -0.4 is 9.46 Å². The number of nitrogens with zero attached hydrogens (tertiary/aromatic N) is 1. The third-order valence-corrected chi connectivity index (χ3v) is 3.83. The van der Waals surface area contributed by atoms with Gasteiger partial charge in [0, 0.05) is 26.2 Å². The third-order valence-electron chi connectivity index (χ3n) is 2.36. The van der Waals surface area contributed by atoms with Crippen LogP contribution in [0.2, 0.25) is 0 Å². The summed E-state index contributed by atoms with van der Waals surface area (Å²) in [5.74, 6) is 0.678. The Morgan fingerprint density at radius 3 is 2.53 bits per heavy atom. The van der Waals surface area contributed by atoms with E-state index in [4.69, 9.17) is 4.74 Å². The van der Waals surface area contributed by atoms with Crippen molar-refractivity contribution in [2.24, 2.45) is 0 Å². The van der Waals surface area contributed by atoms with Crippen molar-refractivity contribution in [3.05, 3.63) is 29.3 Å². The Hall–Kier alpha value is -1.11. The first-order valence-electron chi connectivity index (χ1n) is 5.17. The van der Waals surface area contributed by atoms with Crippen LogP contribution in [0.15, 0.2) is 18.2 Å². The highest BCUT2D eigenvalue weighted by Gasteiger charge is 2.13. The minimum absolute atomic E-state index is 0.214. The van der Waals surface area contributed by atoms with Crippen molar-refractivity contribution in [1.29, 1.82) is 0 Å². The van der Waals surface area contributed by atoms with E-state index in [0.717, 1.165) is 15.4 Å². The van der Waals surface area contributed by atoms with Gasteiger partial charge in [0.15, 0.2) is 0 Å². The van der Waals surface area contributed by atoms with Crippen LogP contribution in [0.5, 0.6) is 5.75 Å². The molecule has 0 aromatic heterocycles. The first-order chi connectivity index (χ1) is 7.86. The molecule has 1 rings (SSSR count). The van der Waals surface area contributed by atoms with Gasteiger partial charge in [0.2, 0.25) is 0 Å². The Bertz CT molecular complexity index is 483. The maximum Gasteiger partial charge on any atom is 0.279 e. The number of hydrogen-bond acceptors (Lipinski definition) is 3.